The van der Waals surface area contributed by atoms with Crippen LogP contribution in [-0.4, -0.2) is 87.2 Å². The summed E-state index contributed by atoms with van der Waals surface area (Å²) in [5.74, 6) is -0.631. The van der Waals surface area contributed by atoms with Crippen LogP contribution in [0.2, 0.25) is 5.02 Å². The molecule has 1 saturated heterocycles. The Labute approximate surface area is 353 Å². The van der Waals surface area contributed by atoms with Gasteiger partial charge in [-0.1, -0.05) is 60.1 Å². The van der Waals surface area contributed by atoms with Gasteiger partial charge in [0, 0.05) is 66.2 Å². The summed E-state index contributed by atoms with van der Waals surface area (Å²) in [5.41, 5.74) is 4.80. The Balaban J connectivity index is 1.00. The van der Waals surface area contributed by atoms with Gasteiger partial charge in [-0.3, -0.25) is 19.8 Å². The number of hydrogen-bond acceptors (Lipinski definition) is 10. The number of benzene rings is 5. The summed E-state index contributed by atoms with van der Waals surface area (Å²) in [5, 5.41) is 15.6. The highest BCUT2D eigenvalue weighted by molar-refractivity contribution is 7.99. The molecule has 11 nitrogen and oxygen atoms in total. The Morgan fingerprint density at radius 2 is 1.78 bits per heavy atom. The van der Waals surface area contributed by atoms with Crippen LogP contribution in [0.25, 0.3) is 11.1 Å². The maximum Gasteiger partial charge on any atom is 0.293 e. The maximum atomic E-state index is 14.3. The zero-order valence-corrected chi connectivity index (χ0v) is 35.2. The number of rotatable bonds is 15. The van der Waals surface area contributed by atoms with E-state index in [2.05, 4.69) is 25.9 Å². The van der Waals surface area contributed by atoms with Gasteiger partial charge >= 0.3 is 0 Å². The number of aryl methyl sites for hydroxylation is 1. The topological polar surface area (TPSA) is 128 Å². The van der Waals surface area contributed by atoms with Gasteiger partial charge in [-0.25, -0.2) is 17.5 Å². The molecule has 0 aromatic heterocycles. The van der Waals surface area contributed by atoms with Crippen molar-refractivity contribution >= 4 is 56.4 Å². The third kappa shape index (κ3) is 10.2. The molecule has 15 heteroatoms. The molecular formula is C44H46ClFN6O5S2. The van der Waals surface area contributed by atoms with Crippen molar-refractivity contribution in [1.29, 1.82) is 0 Å². The molecule has 1 amide bonds. The number of piperazine rings is 1. The Hall–Kier alpha value is -4.99. The van der Waals surface area contributed by atoms with E-state index in [9.17, 15) is 27.7 Å². The van der Waals surface area contributed by atoms with E-state index in [0.29, 0.717) is 25.1 Å². The minimum absolute atomic E-state index is 0.0925. The molecule has 5 aromatic carbocycles. The van der Waals surface area contributed by atoms with Crippen LogP contribution in [-0.2, 0) is 23.0 Å². The fraction of sp³-hybridized carbons (Fsp3) is 0.295. The monoisotopic (exact) mass is 856 g/mol. The third-order valence-electron chi connectivity index (χ3n) is 10.8. The fourth-order valence-electron chi connectivity index (χ4n) is 7.74. The van der Waals surface area contributed by atoms with Gasteiger partial charge in [0.25, 0.3) is 21.6 Å². The SMILES string of the molecule is CN(C)CC[C@H](CSc1ccccc1)Nc1ccc(S(=O)(=O)NC(=O)c2ccc3c(c2)CC[C@@H]2CN(Cc4ccccc4-c4ccc(Cl)c(F)c4)CCN32)cc1[N+](=O)[O-]. The number of halogens is 2. The number of anilines is 2. The van der Waals surface area contributed by atoms with Gasteiger partial charge in [-0.2, -0.15) is 0 Å². The van der Waals surface area contributed by atoms with Gasteiger partial charge < -0.3 is 15.1 Å². The molecule has 0 radical (unpaired) electrons. The number of amides is 1. The molecule has 59 heavy (non-hydrogen) atoms. The molecule has 2 aliphatic rings. The molecule has 5 aromatic rings. The van der Waals surface area contributed by atoms with Crippen LogP contribution in [0.3, 0.4) is 0 Å². The van der Waals surface area contributed by atoms with E-state index in [1.54, 1.807) is 30.0 Å². The maximum absolute atomic E-state index is 14.3. The van der Waals surface area contributed by atoms with Crippen LogP contribution in [0.5, 0.6) is 0 Å². The molecule has 0 aliphatic carbocycles. The van der Waals surface area contributed by atoms with Gasteiger partial charge in [-0.05, 0) is 117 Å². The summed E-state index contributed by atoms with van der Waals surface area (Å²) in [4.78, 5) is 32.6. The predicted octanol–water partition coefficient (Wildman–Crippen LogP) is 8.33. The number of nitro benzene ring substituents is 1. The summed E-state index contributed by atoms with van der Waals surface area (Å²) in [6, 6.07) is 31.7. The van der Waals surface area contributed by atoms with E-state index in [1.165, 1.54) is 18.2 Å². The number of hydrogen-bond donors (Lipinski definition) is 2. The van der Waals surface area contributed by atoms with E-state index >= 15 is 0 Å². The number of fused-ring (bicyclic) bond motifs is 3. The number of nitrogens with zero attached hydrogens (tertiary/aromatic N) is 4. The van der Waals surface area contributed by atoms with Gasteiger partial charge in [0.05, 0.1) is 14.8 Å². The van der Waals surface area contributed by atoms with Crippen LogP contribution in [0.15, 0.2) is 119 Å². The summed E-state index contributed by atoms with van der Waals surface area (Å²) in [6.07, 6.45) is 2.25. The molecule has 308 valence electrons. The van der Waals surface area contributed by atoms with Crippen LogP contribution < -0.4 is 14.9 Å². The first-order valence-electron chi connectivity index (χ1n) is 19.4. The Morgan fingerprint density at radius 3 is 2.54 bits per heavy atom. The van der Waals surface area contributed by atoms with Crippen molar-refractivity contribution in [3.63, 3.8) is 0 Å². The van der Waals surface area contributed by atoms with Crippen LogP contribution >= 0.6 is 23.4 Å². The average Bonchev–Trinajstić information content (AvgIpc) is 3.22. The van der Waals surface area contributed by atoms with Gasteiger partial charge in [-0.15, -0.1) is 11.8 Å². The molecule has 1 fully saturated rings. The van der Waals surface area contributed by atoms with Crippen molar-refractivity contribution in [3.8, 4) is 11.1 Å². The second kappa shape index (κ2) is 18.5. The Morgan fingerprint density at radius 1 is 1.00 bits per heavy atom. The summed E-state index contributed by atoms with van der Waals surface area (Å²) in [7, 11) is -0.544. The molecule has 2 aliphatic heterocycles. The molecule has 2 atom stereocenters. The second-order valence-electron chi connectivity index (χ2n) is 15.2. The fourth-order valence-corrected chi connectivity index (χ4v) is 9.84. The van der Waals surface area contributed by atoms with E-state index in [4.69, 9.17) is 11.6 Å². The molecule has 0 unspecified atom stereocenters. The summed E-state index contributed by atoms with van der Waals surface area (Å²) >= 11 is 7.57. The quantitative estimate of drug-likeness (QED) is 0.0603. The number of sulfonamides is 1. The molecule has 0 saturated carbocycles. The van der Waals surface area contributed by atoms with Crippen molar-refractivity contribution < 1.29 is 22.5 Å². The third-order valence-corrected chi connectivity index (χ3v) is 13.6. The predicted molar refractivity (Wildman–Crippen MR) is 234 cm³/mol. The Bertz CT molecular complexity index is 2440. The van der Waals surface area contributed by atoms with Gasteiger partial charge in [0.1, 0.15) is 11.5 Å². The first-order chi connectivity index (χ1) is 28.3. The second-order valence-corrected chi connectivity index (χ2v) is 18.4. The lowest BCUT2D eigenvalue weighted by Gasteiger charge is -2.46. The van der Waals surface area contributed by atoms with Crippen molar-refractivity contribution in [2.45, 2.75) is 47.7 Å². The van der Waals surface area contributed by atoms with Crippen molar-refractivity contribution in [2.75, 3.05) is 56.2 Å². The van der Waals surface area contributed by atoms with Crippen molar-refractivity contribution in [3.05, 3.63) is 147 Å². The van der Waals surface area contributed by atoms with Crippen LogP contribution in [0, 0.1) is 15.9 Å². The van der Waals surface area contributed by atoms with Crippen molar-refractivity contribution in [2.24, 2.45) is 0 Å². The van der Waals surface area contributed by atoms with Crippen molar-refractivity contribution in [1.82, 2.24) is 14.5 Å². The Kier molecular flexibility index (Phi) is 13.2. The van der Waals surface area contributed by atoms with E-state index in [0.717, 1.165) is 71.5 Å². The molecule has 0 spiro atoms. The first kappa shape index (κ1) is 42.1. The lowest BCUT2D eigenvalue weighted by molar-refractivity contribution is -0.384. The molecule has 2 heterocycles. The lowest BCUT2D eigenvalue weighted by atomic mass is 9.92. The van der Waals surface area contributed by atoms with Gasteiger partial charge in [0.15, 0.2) is 0 Å². The molecule has 2 N–H and O–H groups in total. The van der Waals surface area contributed by atoms with E-state index < -0.39 is 32.4 Å². The lowest BCUT2D eigenvalue weighted by Crippen LogP contribution is -2.54. The van der Waals surface area contributed by atoms with E-state index in [-0.39, 0.29) is 33.3 Å². The number of nitro groups is 1. The molecular weight excluding hydrogens is 811 g/mol. The smallest absolute Gasteiger partial charge is 0.293 e. The summed E-state index contributed by atoms with van der Waals surface area (Å²) in [6.45, 7) is 3.84. The largest absolute Gasteiger partial charge is 0.376 e. The number of carbonyl (C=O) groups excluding carboxylic acids is 1. The van der Waals surface area contributed by atoms with E-state index in [1.807, 2.05) is 79.7 Å². The average molecular weight is 857 g/mol. The highest BCUT2D eigenvalue weighted by Crippen LogP contribution is 2.35. The number of carbonyl (C=O) groups is 1. The molecule has 7 rings (SSSR count). The first-order valence-corrected chi connectivity index (χ1v) is 22.3. The zero-order valence-electron chi connectivity index (χ0n) is 32.8. The number of nitrogens with one attached hydrogen (secondary N) is 2. The molecule has 0 bridgehead atoms. The highest BCUT2D eigenvalue weighted by atomic mass is 35.5. The van der Waals surface area contributed by atoms with Crippen LogP contribution in [0.1, 0.15) is 34.3 Å². The minimum Gasteiger partial charge on any atom is -0.376 e. The van der Waals surface area contributed by atoms with Gasteiger partial charge in [0.2, 0.25) is 0 Å². The zero-order chi connectivity index (χ0) is 41.7. The van der Waals surface area contributed by atoms with Crippen LogP contribution in [0.4, 0.5) is 21.5 Å². The summed E-state index contributed by atoms with van der Waals surface area (Å²) < 4.78 is 43.5. The normalized spacial score (nSPS) is 15.9. The number of thioether (sulfide) groups is 1. The standard InChI is InChI=1S/C44H46ClFN6O5S2/c1-49(2)21-20-34(29-58-36-9-4-3-5-10-36)47-41-18-16-37(26-43(41)52(54)55)59(56,57)48-44(53)32-14-19-42-31(24-32)12-15-35-28-50(22-23-51(35)42)27-33-8-6-7-11-38(33)30-13-17-39(45)40(46)25-30/h3-11,13-14,16-19,24-26,34-35,47H,12,15,20-23,27-29H2,1-2H3,(H,48,53)/t34-,35-/m1/s1. The highest BCUT2D eigenvalue weighted by Gasteiger charge is 2.33. The minimum atomic E-state index is -4.46.